The smallest absolute Gasteiger partial charge is 0.221 e. The molecule has 3 unspecified atom stereocenters. The Morgan fingerprint density at radius 3 is 2.79 bits per heavy atom. The first-order valence-electron chi connectivity index (χ1n) is 9.88. The summed E-state index contributed by atoms with van der Waals surface area (Å²) in [6, 6.07) is 4.15. The third-order valence-corrected chi connectivity index (χ3v) is 8.57. The van der Waals surface area contributed by atoms with Crippen molar-refractivity contribution in [3.05, 3.63) is 48.8 Å². The maximum Gasteiger partial charge on any atom is 0.221 e. The number of allylic oxidation sites excluding steroid dienone is 3. The molecular weight excluding hydrogens is 372 g/mol. The highest BCUT2D eigenvalue weighted by Crippen LogP contribution is 2.32. The van der Waals surface area contributed by atoms with Crippen molar-refractivity contribution in [2.24, 2.45) is 11.8 Å². The van der Waals surface area contributed by atoms with Gasteiger partial charge in [0.2, 0.25) is 10.0 Å². The molecular formula is C21H28N4O2S. The van der Waals surface area contributed by atoms with Crippen molar-refractivity contribution in [3.8, 4) is 0 Å². The largest absolute Gasteiger partial charge is 0.369 e. The van der Waals surface area contributed by atoms with Crippen LogP contribution in [0.5, 0.6) is 0 Å². The van der Waals surface area contributed by atoms with Gasteiger partial charge in [0.05, 0.1) is 5.25 Å². The van der Waals surface area contributed by atoms with Crippen LogP contribution in [0.2, 0.25) is 0 Å². The molecule has 0 amide bonds. The molecule has 150 valence electrons. The van der Waals surface area contributed by atoms with Crippen molar-refractivity contribution in [1.82, 2.24) is 14.3 Å². The Labute approximate surface area is 167 Å². The van der Waals surface area contributed by atoms with Crippen molar-refractivity contribution < 1.29 is 8.42 Å². The number of fused-ring (bicyclic) bond motifs is 1. The minimum Gasteiger partial charge on any atom is -0.369 e. The number of H-pyrrole nitrogens is 1. The van der Waals surface area contributed by atoms with Crippen LogP contribution in [0.4, 0.5) is 5.69 Å². The van der Waals surface area contributed by atoms with E-state index >= 15 is 0 Å². The van der Waals surface area contributed by atoms with Crippen LogP contribution in [-0.2, 0) is 10.0 Å². The Kier molecular flexibility index (Phi) is 5.05. The Bertz CT molecular complexity index is 1010. The van der Waals surface area contributed by atoms with Gasteiger partial charge in [-0.3, -0.25) is 0 Å². The molecule has 0 radical (unpaired) electrons. The lowest BCUT2D eigenvalue weighted by Crippen LogP contribution is -2.54. The fraction of sp³-hybridized carbons (Fsp3) is 0.476. The number of pyridine rings is 1. The number of nitrogens with one attached hydrogen (secondary N) is 1. The van der Waals surface area contributed by atoms with Gasteiger partial charge in [-0.2, -0.15) is 4.31 Å². The fourth-order valence-corrected chi connectivity index (χ4v) is 6.42. The molecule has 2 aliphatic rings. The van der Waals surface area contributed by atoms with E-state index in [1.54, 1.807) is 10.5 Å². The summed E-state index contributed by atoms with van der Waals surface area (Å²) < 4.78 is 28.4. The minimum absolute atomic E-state index is 0.00907. The van der Waals surface area contributed by atoms with Crippen molar-refractivity contribution in [3.63, 3.8) is 0 Å². The average molecular weight is 401 g/mol. The van der Waals surface area contributed by atoms with Crippen molar-refractivity contribution in [2.75, 3.05) is 25.0 Å². The summed E-state index contributed by atoms with van der Waals surface area (Å²) in [6.45, 7) is 5.28. The number of aromatic amines is 1. The molecule has 0 bridgehead atoms. The standard InChI is InChI=1S/C21H28N4O2S/c1-15-10-13-25(28(26,27)20-7-5-4-6-16(20)2)14-19(15)24(3)18-9-12-23-21-17(18)8-11-22-21/h4-9,11-12,15-16,19-20H,10,13-14H2,1-3H3,(H,22,23)/t15-,16?,19?,20?/m1/s1. The number of aromatic nitrogens is 2. The second kappa shape index (κ2) is 7.37. The third kappa shape index (κ3) is 3.26. The minimum atomic E-state index is -3.39. The summed E-state index contributed by atoms with van der Waals surface area (Å²) in [5.41, 5.74) is 1.93. The first kappa shape index (κ1) is 19.2. The van der Waals surface area contributed by atoms with Crippen LogP contribution >= 0.6 is 0 Å². The van der Waals surface area contributed by atoms with E-state index in [0.717, 1.165) is 23.1 Å². The molecule has 1 saturated heterocycles. The SMILES string of the molecule is CC1C=CC=CC1S(=O)(=O)N1CC[C@@H](C)C(N(C)c2ccnc3[nH]ccc23)C1. The Balaban J connectivity index is 1.61. The van der Waals surface area contributed by atoms with Crippen molar-refractivity contribution >= 4 is 26.7 Å². The van der Waals surface area contributed by atoms with E-state index in [4.69, 9.17) is 0 Å². The first-order chi connectivity index (χ1) is 13.4. The normalized spacial score (nSPS) is 28.7. The van der Waals surface area contributed by atoms with Gasteiger partial charge in [-0.05, 0) is 30.4 Å². The van der Waals surface area contributed by atoms with E-state index in [9.17, 15) is 8.42 Å². The van der Waals surface area contributed by atoms with E-state index in [1.807, 2.05) is 49.6 Å². The van der Waals surface area contributed by atoms with Gasteiger partial charge in [0.15, 0.2) is 0 Å². The van der Waals surface area contributed by atoms with Gasteiger partial charge in [-0.25, -0.2) is 13.4 Å². The van der Waals surface area contributed by atoms with Crippen LogP contribution in [-0.4, -0.2) is 54.1 Å². The van der Waals surface area contributed by atoms with Gasteiger partial charge in [-0.1, -0.05) is 38.2 Å². The number of rotatable bonds is 4. The van der Waals surface area contributed by atoms with Crippen LogP contribution in [0.3, 0.4) is 0 Å². The van der Waals surface area contributed by atoms with E-state index in [1.165, 1.54) is 0 Å². The summed E-state index contributed by atoms with van der Waals surface area (Å²) >= 11 is 0. The van der Waals surface area contributed by atoms with E-state index in [0.29, 0.717) is 19.0 Å². The molecule has 4 atom stereocenters. The second-order valence-electron chi connectivity index (χ2n) is 8.01. The Morgan fingerprint density at radius 1 is 1.21 bits per heavy atom. The maximum absolute atomic E-state index is 13.3. The molecule has 2 aromatic rings. The van der Waals surface area contributed by atoms with Crippen LogP contribution in [0.15, 0.2) is 48.8 Å². The Hall–Kier alpha value is -2.12. The van der Waals surface area contributed by atoms with Gasteiger partial charge >= 0.3 is 0 Å². The number of sulfonamides is 1. The molecule has 0 spiro atoms. The van der Waals surface area contributed by atoms with Gasteiger partial charge < -0.3 is 9.88 Å². The Morgan fingerprint density at radius 2 is 2.00 bits per heavy atom. The van der Waals surface area contributed by atoms with Gasteiger partial charge in [-0.15, -0.1) is 0 Å². The van der Waals surface area contributed by atoms with Gasteiger partial charge in [0, 0.05) is 49.6 Å². The molecule has 1 aliphatic carbocycles. The molecule has 2 aromatic heterocycles. The van der Waals surface area contributed by atoms with Gasteiger partial charge in [0.25, 0.3) is 0 Å². The monoisotopic (exact) mass is 400 g/mol. The molecule has 4 rings (SSSR count). The molecule has 0 aromatic carbocycles. The van der Waals surface area contributed by atoms with Crippen molar-refractivity contribution in [1.29, 1.82) is 0 Å². The number of nitrogens with zero attached hydrogens (tertiary/aromatic N) is 3. The number of anilines is 1. The molecule has 1 aliphatic heterocycles. The second-order valence-corrected chi connectivity index (χ2v) is 10.1. The number of likely N-dealkylation sites (N-methyl/N-ethyl adjacent to an activating group) is 1. The van der Waals surface area contributed by atoms with Crippen LogP contribution in [0.25, 0.3) is 11.0 Å². The topological polar surface area (TPSA) is 69.3 Å². The zero-order valence-electron chi connectivity index (χ0n) is 16.6. The molecule has 7 heteroatoms. The summed E-state index contributed by atoms with van der Waals surface area (Å²) in [6.07, 6.45) is 12.1. The third-order valence-electron chi connectivity index (χ3n) is 6.24. The fourth-order valence-electron chi connectivity index (χ4n) is 4.43. The molecule has 0 saturated carbocycles. The predicted molar refractivity (Wildman–Crippen MR) is 114 cm³/mol. The lowest BCUT2D eigenvalue weighted by atomic mass is 9.93. The summed E-state index contributed by atoms with van der Waals surface area (Å²) in [4.78, 5) is 9.75. The zero-order valence-corrected chi connectivity index (χ0v) is 17.4. The maximum atomic E-state index is 13.3. The van der Waals surface area contributed by atoms with E-state index in [-0.39, 0.29) is 12.0 Å². The quantitative estimate of drug-likeness (QED) is 0.856. The zero-order chi connectivity index (χ0) is 19.9. The molecule has 28 heavy (non-hydrogen) atoms. The van der Waals surface area contributed by atoms with Crippen molar-refractivity contribution in [2.45, 2.75) is 31.6 Å². The summed E-state index contributed by atoms with van der Waals surface area (Å²) in [5, 5.41) is 0.584. The van der Waals surface area contributed by atoms with E-state index in [2.05, 4.69) is 28.8 Å². The molecule has 3 heterocycles. The highest BCUT2D eigenvalue weighted by atomic mass is 32.2. The number of hydrogen-bond donors (Lipinski definition) is 1. The van der Waals surface area contributed by atoms with Crippen LogP contribution < -0.4 is 4.90 Å². The van der Waals surface area contributed by atoms with Crippen LogP contribution in [0, 0.1) is 11.8 Å². The van der Waals surface area contributed by atoms with E-state index < -0.39 is 15.3 Å². The lowest BCUT2D eigenvalue weighted by molar-refractivity contribution is 0.246. The number of hydrogen-bond acceptors (Lipinski definition) is 4. The molecule has 6 nitrogen and oxygen atoms in total. The average Bonchev–Trinajstić information content (AvgIpc) is 3.16. The van der Waals surface area contributed by atoms with Gasteiger partial charge in [0.1, 0.15) is 5.65 Å². The predicted octanol–water partition coefficient (Wildman–Crippen LogP) is 3.17. The highest BCUT2D eigenvalue weighted by Gasteiger charge is 2.40. The summed E-state index contributed by atoms with van der Waals surface area (Å²) in [7, 11) is -1.33. The van der Waals surface area contributed by atoms with Crippen LogP contribution in [0.1, 0.15) is 20.3 Å². The number of piperidine rings is 1. The summed E-state index contributed by atoms with van der Waals surface area (Å²) in [5.74, 6) is 0.392. The lowest BCUT2D eigenvalue weighted by Gasteiger charge is -2.43. The highest BCUT2D eigenvalue weighted by molar-refractivity contribution is 7.89. The molecule has 1 fully saturated rings. The molecule has 1 N–H and O–H groups in total. The first-order valence-corrected chi connectivity index (χ1v) is 11.4.